The summed E-state index contributed by atoms with van der Waals surface area (Å²) >= 11 is 0. The SMILES string of the molecule is CC(c1cccc(C(F)(F)F)c1)N(C(=O)c1cnc(-c2ccccc2)nc1)C1CC1. The van der Waals surface area contributed by atoms with Crippen molar-refractivity contribution in [3.63, 3.8) is 0 Å². The largest absolute Gasteiger partial charge is 0.416 e. The predicted octanol–water partition coefficient (Wildman–Crippen LogP) is 5.53. The van der Waals surface area contributed by atoms with Gasteiger partial charge < -0.3 is 4.90 Å². The molecule has 1 aliphatic carbocycles. The van der Waals surface area contributed by atoms with E-state index in [1.54, 1.807) is 17.9 Å². The zero-order valence-electron chi connectivity index (χ0n) is 16.3. The number of halogens is 3. The van der Waals surface area contributed by atoms with Crippen LogP contribution in [0.4, 0.5) is 13.2 Å². The van der Waals surface area contributed by atoms with Crippen LogP contribution in [0, 0.1) is 0 Å². The van der Waals surface area contributed by atoms with Gasteiger partial charge in [0.05, 0.1) is 17.2 Å². The first-order chi connectivity index (χ1) is 14.3. The van der Waals surface area contributed by atoms with Crippen molar-refractivity contribution in [1.29, 1.82) is 0 Å². The molecule has 0 saturated heterocycles. The lowest BCUT2D eigenvalue weighted by Gasteiger charge is -2.30. The number of benzene rings is 2. The number of carbonyl (C=O) groups is 1. The summed E-state index contributed by atoms with van der Waals surface area (Å²) in [5.41, 5.74) is 0.894. The fourth-order valence-electron chi connectivity index (χ4n) is 3.47. The predicted molar refractivity (Wildman–Crippen MR) is 107 cm³/mol. The number of aromatic nitrogens is 2. The first kappa shape index (κ1) is 20.1. The van der Waals surface area contributed by atoms with Gasteiger partial charge in [-0.2, -0.15) is 13.2 Å². The maximum absolute atomic E-state index is 13.2. The highest BCUT2D eigenvalue weighted by atomic mass is 19.4. The lowest BCUT2D eigenvalue weighted by Crippen LogP contribution is -2.35. The summed E-state index contributed by atoms with van der Waals surface area (Å²) in [7, 11) is 0. The molecule has 1 atom stereocenters. The summed E-state index contributed by atoms with van der Waals surface area (Å²) in [4.78, 5) is 23.5. The minimum absolute atomic E-state index is 0.0100. The second-order valence-corrected chi connectivity index (χ2v) is 7.40. The number of alkyl halides is 3. The normalized spacial score (nSPS) is 14.9. The molecule has 1 saturated carbocycles. The summed E-state index contributed by atoms with van der Waals surface area (Å²) in [6.07, 6.45) is 0.194. The quantitative estimate of drug-likeness (QED) is 0.555. The second kappa shape index (κ2) is 7.89. The number of carbonyl (C=O) groups excluding carboxylic acids is 1. The Balaban J connectivity index is 1.59. The highest BCUT2D eigenvalue weighted by Gasteiger charge is 2.38. The fourth-order valence-corrected chi connectivity index (χ4v) is 3.47. The van der Waals surface area contributed by atoms with Crippen LogP contribution < -0.4 is 0 Å². The Bertz CT molecular complexity index is 1030. The van der Waals surface area contributed by atoms with E-state index in [1.807, 2.05) is 30.3 Å². The first-order valence-electron chi connectivity index (χ1n) is 9.72. The highest BCUT2D eigenvalue weighted by molar-refractivity contribution is 5.94. The molecule has 3 aromatic rings. The van der Waals surface area contributed by atoms with Crippen LogP contribution in [0.1, 0.15) is 47.3 Å². The van der Waals surface area contributed by atoms with Crippen molar-refractivity contribution < 1.29 is 18.0 Å². The van der Waals surface area contributed by atoms with Gasteiger partial charge in [0.2, 0.25) is 0 Å². The maximum Gasteiger partial charge on any atom is 0.416 e. The molecule has 1 aromatic heterocycles. The minimum Gasteiger partial charge on any atom is -0.329 e. The molecule has 1 aliphatic rings. The standard InChI is InChI=1S/C23H20F3N3O/c1-15(17-8-5-9-19(12-17)23(24,25)26)29(20-10-11-20)22(30)18-13-27-21(28-14-18)16-6-3-2-4-7-16/h2-9,12-15,20H,10-11H2,1H3. The Hall–Kier alpha value is -3.22. The number of hydrogen-bond donors (Lipinski definition) is 0. The third-order valence-electron chi connectivity index (χ3n) is 5.22. The van der Waals surface area contributed by atoms with E-state index in [9.17, 15) is 18.0 Å². The van der Waals surface area contributed by atoms with Crippen LogP contribution in [0.25, 0.3) is 11.4 Å². The Morgan fingerprint density at radius 3 is 2.30 bits per heavy atom. The van der Waals surface area contributed by atoms with Crippen LogP contribution in [-0.2, 0) is 6.18 Å². The van der Waals surface area contributed by atoms with Crippen molar-refractivity contribution >= 4 is 5.91 Å². The molecule has 0 N–H and O–H groups in total. The molecular weight excluding hydrogens is 391 g/mol. The van der Waals surface area contributed by atoms with Crippen LogP contribution in [0.2, 0.25) is 0 Å². The van der Waals surface area contributed by atoms with Gasteiger partial charge in [-0.3, -0.25) is 4.79 Å². The third kappa shape index (κ3) is 4.20. The van der Waals surface area contributed by atoms with Crippen LogP contribution in [0.15, 0.2) is 67.0 Å². The van der Waals surface area contributed by atoms with Gasteiger partial charge in [-0.15, -0.1) is 0 Å². The fraction of sp³-hybridized carbons (Fsp3) is 0.261. The van der Waals surface area contributed by atoms with E-state index in [2.05, 4.69) is 9.97 Å². The molecular formula is C23H20F3N3O. The topological polar surface area (TPSA) is 46.1 Å². The molecule has 0 aliphatic heterocycles. The Labute approximate surface area is 172 Å². The van der Waals surface area contributed by atoms with Gasteiger partial charge in [0.1, 0.15) is 0 Å². The van der Waals surface area contributed by atoms with Crippen molar-refractivity contribution in [2.75, 3.05) is 0 Å². The van der Waals surface area contributed by atoms with Crippen molar-refractivity contribution in [2.24, 2.45) is 0 Å². The Morgan fingerprint density at radius 1 is 1.03 bits per heavy atom. The molecule has 30 heavy (non-hydrogen) atoms. The molecule has 1 fully saturated rings. The number of amides is 1. The van der Waals surface area contributed by atoms with Gasteiger partial charge in [0.25, 0.3) is 5.91 Å². The van der Waals surface area contributed by atoms with Crippen molar-refractivity contribution in [3.8, 4) is 11.4 Å². The summed E-state index contributed by atoms with van der Waals surface area (Å²) < 4.78 is 39.3. The molecule has 0 spiro atoms. The van der Waals surface area contributed by atoms with E-state index in [-0.39, 0.29) is 11.9 Å². The van der Waals surface area contributed by atoms with Gasteiger partial charge in [-0.25, -0.2) is 9.97 Å². The van der Waals surface area contributed by atoms with Crippen molar-refractivity contribution in [2.45, 2.75) is 38.0 Å². The monoisotopic (exact) mass is 411 g/mol. The second-order valence-electron chi connectivity index (χ2n) is 7.40. The number of hydrogen-bond acceptors (Lipinski definition) is 3. The molecule has 0 bridgehead atoms. The van der Waals surface area contributed by atoms with Crippen LogP contribution in [0.5, 0.6) is 0 Å². The van der Waals surface area contributed by atoms with E-state index in [4.69, 9.17) is 0 Å². The average Bonchev–Trinajstić information content (AvgIpc) is 3.59. The van der Waals surface area contributed by atoms with Gasteiger partial charge in [0, 0.05) is 24.0 Å². The summed E-state index contributed by atoms with van der Waals surface area (Å²) in [6.45, 7) is 1.75. The smallest absolute Gasteiger partial charge is 0.329 e. The average molecular weight is 411 g/mol. The van der Waals surface area contributed by atoms with Crippen molar-refractivity contribution in [3.05, 3.63) is 83.7 Å². The highest BCUT2D eigenvalue weighted by Crippen LogP contribution is 2.37. The van der Waals surface area contributed by atoms with E-state index in [0.29, 0.717) is 17.0 Å². The molecule has 1 amide bonds. The van der Waals surface area contributed by atoms with Gasteiger partial charge >= 0.3 is 6.18 Å². The zero-order valence-corrected chi connectivity index (χ0v) is 16.3. The van der Waals surface area contributed by atoms with Gasteiger partial charge in [-0.05, 0) is 37.5 Å². The summed E-state index contributed by atoms with van der Waals surface area (Å²) in [6, 6.07) is 14.1. The van der Waals surface area contributed by atoms with E-state index < -0.39 is 17.8 Å². The minimum atomic E-state index is -4.43. The van der Waals surface area contributed by atoms with Crippen LogP contribution >= 0.6 is 0 Å². The molecule has 4 rings (SSSR count). The number of rotatable bonds is 5. The van der Waals surface area contributed by atoms with Gasteiger partial charge in [0.15, 0.2) is 5.82 Å². The zero-order chi connectivity index (χ0) is 21.3. The van der Waals surface area contributed by atoms with E-state index >= 15 is 0 Å². The lowest BCUT2D eigenvalue weighted by atomic mass is 10.0. The Morgan fingerprint density at radius 2 is 1.70 bits per heavy atom. The lowest BCUT2D eigenvalue weighted by molar-refractivity contribution is -0.137. The van der Waals surface area contributed by atoms with Crippen LogP contribution in [-0.4, -0.2) is 26.8 Å². The third-order valence-corrected chi connectivity index (χ3v) is 5.22. The molecule has 1 heterocycles. The van der Waals surface area contributed by atoms with E-state index in [0.717, 1.165) is 30.5 Å². The van der Waals surface area contributed by atoms with Crippen molar-refractivity contribution in [1.82, 2.24) is 14.9 Å². The molecule has 2 aromatic carbocycles. The molecule has 4 nitrogen and oxygen atoms in total. The molecule has 1 unspecified atom stereocenters. The van der Waals surface area contributed by atoms with Crippen LogP contribution in [0.3, 0.4) is 0 Å². The molecule has 0 radical (unpaired) electrons. The first-order valence-corrected chi connectivity index (χ1v) is 9.72. The Kier molecular flexibility index (Phi) is 5.28. The number of nitrogens with zero attached hydrogens (tertiary/aromatic N) is 3. The molecule has 154 valence electrons. The van der Waals surface area contributed by atoms with Gasteiger partial charge in [-0.1, -0.05) is 42.5 Å². The summed E-state index contributed by atoms with van der Waals surface area (Å²) in [5.74, 6) is 0.234. The van der Waals surface area contributed by atoms with E-state index in [1.165, 1.54) is 18.5 Å². The molecule has 7 heteroatoms. The summed E-state index contributed by atoms with van der Waals surface area (Å²) in [5, 5.41) is 0. The maximum atomic E-state index is 13.2.